The first-order chi connectivity index (χ1) is 15.1. The van der Waals surface area contributed by atoms with Gasteiger partial charge in [0.25, 0.3) is 0 Å². The van der Waals surface area contributed by atoms with Crippen molar-refractivity contribution < 1.29 is 4.39 Å². The average molecular weight is 417 g/mol. The lowest BCUT2D eigenvalue weighted by molar-refractivity contribution is 0.245. The van der Waals surface area contributed by atoms with Gasteiger partial charge in [-0.3, -0.25) is 9.88 Å². The van der Waals surface area contributed by atoms with Gasteiger partial charge in [0.15, 0.2) is 0 Å². The zero-order valence-corrected chi connectivity index (χ0v) is 17.7. The van der Waals surface area contributed by atoms with E-state index in [1.165, 1.54) is 6.07 Å². The van der Waals surface area contributed by atoms with Gasteiger partial charge in [-0.15, -0.1) is 0 Å². The summed E-state index contributed by atoms with van der Waals surface area (Å²) in [4.78, 5) is 16.1. The van der Waals surface area contributed by atoms with Crippen molar-refractivity contribution in [2.45, 2.75) is 32.4 Å². The van der Waals surface area contributed by atoms with Crippen LogP contribution in [0.3, 0.4) is 0 Å². The summed E-state index contributed by atoms with van der Waals surface area (Å²) in [6.45, 7) is 3.75. The van der Waals surface area contributed by atoms with Gasteiger partial charge in [-0.2, -0.15) is 0 Å². The van der Waals surface area contributed by atoms with Crippen LogP contribution in [-0.4, -0.2) is 31.0 Å². The number of hydrogen-bond acceptors (Lipinski definition) is 5. The van der Waals surface area contributed by atoms with Gasteiger partial charge in [0.2, 0.25) is 0 Å². The third-order valence-electron chi connectivity index (χ3n) is 6.02. The minimum atomic E-state index is -0.202. The molecule has 1 aliphatic rings. The maximum atomic E-state index is 13.9. The van der Waals surface area contributed by atoms with Crippen LogP contribution in [0.5, 0.6) is 0 Å². The Balaban J connectivity index is 1.40. The number of nitrogens with zero attached hydrogens (tertiary/aromatic N) is 5. The summed E-state index contributed by atoms with van der Waals surface area (Å²) < 4.78 is 15.9. The second-order valence-corrected chi connectivity index (χ2v) is 8.18. The van der Waals surface area contributed by atoms with Crippen LogP contribution in [-0.2, 0) is 13.6 Å². The Hall–Kier alpha value is -3.32. The number of aromatic nitrogens is 4. The molecule has 1 aromatic carbocycles. The number of hydrogen-bond donors (Lipinski definition) is 1. The molecule has 0 spiro atoms. The molecule has 1 saturated heterocycles. The molecule has 1 aliphatic heterocycles. The molecule has 158 valence electrons. The van der Waals surface area contributed by atoms with Crippen LogP contribution in [0.2, 0.25) is 0 Å². The van der Waals surface area contributed by atoms with Gasteiger partial charge in [-0.1, -0.05) is 6.07 Å². The summed E-state index contributed by atoms with van der Waals surface area (Å²) >= 11 is 0. The molecule has 0 saturated carbocycles. The van der Waals surface area contributed by atoms with Gasteiger partial charge in [-0.05, 0) is 61.7 Å². The van der Waals surface area contributed by atoms with Crippen LogP contribution >= 0.6 is 0 Å². The van der Waals surface area contributed by atoms with Crippen molar-refractivity contribution in [1.29, 1.82) is 0 Å². The topological polar surface area (TPSA) is 58.9 Å². The highest BCUT2D eigenvalue weighted by atomic mass is 19.1. The molecular weight excluding hydrogens is 391 g/mol. The molecule has 7 heteroatoms. The maximum absolute atomic E-state index is 13.9. The highest BCUT2D eigenvalue weighted by Crippen LogP contribution is 2.34. The summed E-state index contributed by atoms with van der Waals surface area (Å²) in [5.41, 5.74) is 4.18. The predicted molar refractivity (Wildman–Crippen MR) is 120 cm³/mol. The van der Waals surface area contributed by atoms with E-state index in [-0.39, 0.29) is 11.9 Å². The number of likely N-dealkylation sites (tertiary alicyclic amines) is 1. The number of nitrogens with one attached hydrogen (secondary N) is 1. The van der Waals surface area contributed by atoms with Crippen LogP contribution < -0.4 is 5.32 Å². The number of anilines is 2. The smallest absolute Gasteiger partial charge is 0.150 e. The molecule has 0 aliphatic carbocycles. The number of rotatable bonds is 5. The quantitative estimate of drug-likeness (QED) is 0.502. The monoisotopic (exact) mass is 416 g/mol. The van der Waals surface area contributed by atoms with Gasteiger partial charge < -0.3 is 9.88 Å². The molecular formula is C24H25FN6. The van der Waals surface area contributed by atoms with Crippen LogP contribution in [0.25, 0.3) is 10.9 Å². The highest BCUT2D eigenvalue weighted by Gasteiger charge is 2.28. The molecule has 1 N–H and O–H groups in total. The second-order valence-electron chi connectivity index (χ2n) is 8.18. The molecule has 0 unspecified atom stereocenters. The average Bonchev–Trinajstić information content (AvgIpc) is 3.35. The minimum absolute atomic E-state index is 0.183. The van der Waals surface area contributed by atoms with Gasteiger partial charge in [0, 0.05) is 36.9 Å². The van der Waals surface area contributed by atoms with E-state index >= 15 is 0 Å². The van der Waals surface area contributed by atoms with Crippen molar-refractivity contribution >= 4 is 22.5 Å². The van der Waals surface area contributed by atoms with E-state index in [4.69, 9.17) is 4.98 Å². The third kappa shape index (κ3) is 3.88. The molecule has 1 fully saturated rings. The Labute approximate surface area is 180 Å². The van der Waals surface area contributed by atoms with E-state index in [9.17, 15) is 4.39 Å². The first-order valence-electron chi connectivity index (χ1n) is 10.6. The van der Waals surface area contributed by atoms with E-state index in [1.54, 1.807) is 18.5 Å². The first kappa shape index (κ1) is 19.6. The fraction of sp³-hybridized carbons (Fsp3) is 0.292. The van der Waals surface area contributed by atoms with Crippen LogP contribution in [0.15, 0.2) is 55.1 Å². The highest BCUT2D eigenvalue weighted by molar-refractivity contribution is 5.84. The van der Waals surface area contributed by atoms with E-state index < -0.39 is 0 Å². The van der Waals surface area contributed by atoms with Gasteiger partial charge in [-0.25, -0.2) is 14.4 Å². The number of halogens is 1. The normalized spacial score (nSPS) is 16.8. The molecule has 6 nitrogen and oxygen atoms in total. The van der Waals surface area contributed by atoms with Gasteiger partial charge >= 0.3 is 0 Å². The Kier molecular flexibility index (Phi) is 5.11. The third-order valence-corrected chi connectivity index (χ3v) is 6.02. The molecule has 4 heterocycles. The standard InChI is InChI=1S/C24H25FN6/c1-16-5-3-9-27-24(16)29-23-13-26-12-20(28-23)22-6-4-10-31(22)15-17-14-30(2)21-8-7-18(25)11-19(17)21/h3,5,7-9,11-14,22H,4,6,10,15H2,1-2H3,(H,27,28,29)/t22-/m1/s1. The van der Waals surface area contributed by atoms with Crippen molar-refractivity contribution in [2.24, 2.45) is 7.05 Å². The van der Waals surface area contributed by atoms with Crippen LogP contribution in [0.4, 0.5) is 16.0 Å². The summed E-state index contributed by atoms with van der Waals surface area (Å²) in [5, 5.41) is 4.26. The Morgan fingerprint density at radius 2 is 2.13 bits per heavy atom. The van der Waals surface area contributed by atoms with Crippen LogP contribution in [0, 0.1) is 12.7 Å². The predicted octanol–water partition coefficient (Wildman–Crippen LogP) is 4.89. The van der Waals surface area contributed by atoms with Crippen molar-refractivity contribution in [2.75, 3.05) is 11.9 Å². The van der Waals surface area contributed by atoms with Crippen molar-refractivity contribution in [3.8, 4) is 0 Å². The molecule has 0 bridgehead atoms. The molecule has 0 radical (unpaired) electrons. The van der Waals surface area contributed by atoms with E-state index in [0.29, 0.717) is 5.82 Å². The summed E-state index contributed by atoms with van der Waals surface area (Å²) in [7, 11) is 2.01. The summed E-state index contributed by atoms with van der Waals surface area (Å²) in [5.74, 6) is 1.28. The van der Waals surface area contributed by atoms with Gasteiger partial charge in [0.1, 0.15) is 17.5 Å². The lowest BCUT2D eigenvalue weighted by atomic mass is 10.1. The van der Waals surface area contributed by atoms with E-state index in [2.05, 4.69) is 30.9 Å². The number of aryl methyl sites for hydroxylation is 2. The molecule has 0 amide bonds. The van der Waals surface area contributed by atoms with E-state index in [1.807, 2.05) is 38.4 Å². The molecule has 1 atom stereocenters. The fourth-order valence-electron chi connectivity index (χ4n) is 4.48. The number of pyridine rings is 1. The minimum Gasteiger partial charge on any atom is -0.350 e. The lowest BCUT2D eigenvalue weighted by Gasteiger charge is -2.24. The zero-order chi connectivity index (χ0) is 21.4. The first-order valence-corrected chi connectivity index (χ1v) is 10.6. The maximum Gasteiger partial charge on any atom is 0.150 e. The molecule has 31 heavy (non-hydrogen) atoms. The Morgan fingerprint density at radius 3 is 3.00 bits per heavy atom. The zero-order valence-electron chi connectivity index (χ0n) is 17.7. The molecule has 4 aromatic rings. The lowest BCUT2D eigenvalue weighted by Crippen LogP contribution is -2.23. The molecule has 3 aromatic heterocycles. The SMILES string of the molecule is Cc1cccnc1Nc1cncc([C@H]2CCCN2Cc2cn(C)c3ccc(F)cc23)n1. The molecule has 5 rings (SSSR count). The van der Waals surface area contributed by atoms with Crippen molar-refractivity contribution in [1.82, 2.24) is 24.4 Å². The summed E-state index contributed by atoms with van der Waals surface area (Å²) in [6.07, 6.45) is 9.57. The Bertz CT molecular complexity index is 1230. The largest absolute Gasteiger partial charge is 0.350 e. The van der Waals surface area contributed by atoms with Crippen molar-refractivity contribution in [3.63, 3.8) is 0 Å². The van der Waals surface area contributed by atoms with Gasteiger partial charge in [0.05, 0.1) is 24.1 Å². The number of fused-ring (bicyclic) bond motifs is 1. The Morgan fingerprint density at radius 1 is 1.23 bits per heavy atom. The second kappa shape index (κ2) is 8.07. The fourth-order valence-corrected chi connectivity index (χ4v) is 4.48. The van der Waals surface area contributed by atoms with Crippen molar-refractivity contribution in [3.05, 3.63) is 77.8 Å². The number of benzene rings is 1. The van der Waals surface area contributed by atoms with E-state index in [0.717, 1.165) is 59.5 Å². The summed E-state index contributed by atoms with van der Waals surface area (Å²) in [6, 6.07) is 9.10. The van der Waals surface area contributed by atoms with Crippen LogP contribution in [0.1, 0.15) is 35.7 Å².